The van der Waals surface area contributed by atoms with Crippen LogP contribution in [0.15, 0.2) is 0 Å². The monoisotopic (exact) mass is 462 g/mol. The topological polar surface area (TPSA) is 38.7 Å². The number of fused-ring (bicyclic) bond motifs is 4. The standard InChI is InChI=1S/C28H50O3Si/c1-17(29)24-22(31-32(8,9)25(2,3)4)15-21-19-14-23(30-7)28-16-18(28)10-13-27(28,6)20(19)11-12-26(21,24)5/h17-24,29H,10-16H2,1-9H3/t17-,18+,19+,20-,21-,22-,23+,24-,26-,27+,28-/m0/s1. The Morgan fingerprint density at radius 3 is 2.28 bits per heavy atom. The quantitative estimate of drug-likeness (QED) is 0.475. The van der Waals surface area contributed by atoms with Crippen LogP contribution in [0.25, 0.3) is 0 Å². The maximum Gasteiger partial charge on any atom is 0.192 e. The van der Waals surface area contributed by atoms with Gasteiger partial charge in [-0.15, -0.1) is 0 Å². The lowest BCUT2D eigenvalue weighted by Crippen LogP contribution is -2.57. The fourth-order valence-electron chi connectivity index (χ4n) is 10.1. The highest BCUT2D eigenvalue weighted by Gasteiger charge is 2.78. The van der Waals surface area contributed by atoms with Gasteiger partial charge in [0.25, 0.3) is 0 Å². The molecule has 5 aliphatic rings. The lowest BCUT2D eigenvalue weighted by atomic mass is 9.45. The van der Waals surface area contributed by atoms with Gasteiger partial charge in [-0.1, -0.05) is 34.6 Å². The van der Waals surface area contributed by atoms with E-state index in [-0.39, 0.29) is 28.6 Å². The molecule has 5 rings (SSSR count). The van der Waals surface area contributed by atoms with E-state index in [1.165, 1.54) is 38.5 Å². The Balaban J connectivity index is 1.48. The van der Waals surface area contributed by atoms with Crippen molar-refractivity contribution >= 4 is 8.32 Å². The van der Waals surface area contributed by atoms with Gasteiger partial charge in [0.05, 0.1) is 18.3 Å². The summed E-state index contributed by atoms with van der Waals surface area (Å²) in [6.45, 7) is 19.0. The molecule has 5 aliphatic carbocycles. The molecule has 0 saturated heterocycles. The second kappa shape index (κ2) is 7.08. The van der Waals surface area contributed by atoms with Crippen molar-refractivity contribution in [1.82, 2.24) is 0 Å². The lowest BCUT2D eigenvalue weighted by molar-refractivity contribution is -0.163. The molecule has 0 aromatic heterocycles. The average Bonchev–Trinajstić information content (AvgIpc) is 3.21. The van der Waals surface area contributed by atoms with Gasteiger partial charge in [0, 0.05) is 18.4 Å². The van der Waals surface area contributed by atoms with E-state index in [0.717, 1.165) is 24.2 Å². The minimum Gasteiger partial charge on any atom is -0.414 e. The zero-order valence-electron chi connectivity index (χ0n) is 22.3. The molecule has 32 heavy (non-hydrogen) atoms. The van der Waals surface area contributed by atoms with Gasteiger partial charge < -0.3 is 14.3 Å². The van der Waals surface area contributed by atoms with E-state index >= 15 is 0 Å². The molecule has 0 amide bonds. The average molecular weight is 463 g/mol. The molecule has 0 radical (unpaired) electrons. The normalized spacial score (nSPS) is 53.2. The first-order chi connectivity index (χ1) is 14.7. The summed E-state index contributed by atoms with van der Waals surface area (Å²) in [5, 5.41) is 11.3. The Morgan fingerprint density at radius 1 is 1.03 bits per heavy atom. The van der Waals surface area contributed by atoms with Gasteiger partial charge in [-0.3, -0.25) is 0 Å². The third-order valence-electron chi connectivity index (χ3n) is 12.7. The highest BCUT2D eigenvalue weighted by atomic mass is 28.4. The Morgan fingerprint density at radius 2 is 1.72 bits per heavy atom. The van der Waals surface area contributed by atoms with Crippen molar-refractivity contribution in [2.45, 2.75) is 123 Å². The van der Waals surface area contributed by atoms with Gasteiger partial charge in [0.2, 0.25) is 0 Å². The van der Waals surface area contributed by atoms with Crippen LogP contribution in [0.5, 0.6) is 0 Å². The van der Waals surface area contributed by atoms with Crippen molar-refractivity contribution in [3.8, 4) is 0 Å². The molecule has 0 heterocycles. The van der Waals surface area contributed by atoms with Crippen LogP contribution < -0.4 is 0 Å². The molecular weight excluding hydrogens is 412 g/mol. The van der Waals surface area contributed by atoms with E-state index in [1.54, 1.807) is 0 Å². The first-order valence-corrected chi connectivity index (χ1v) is 16.5. The summed E-state index contributed by atoms with van der Waals surface area (Å²) in [5.74, 6) is 3.39. The molecule has 5 fully saturated rings. The zero-order valence-corrected chi connectivity index (χ0v) is 23.3. The summed E-state index contributed by atoms with van der Waals surface area (Å²) in [6, 6.07) is 0. The second-order valence-electron chi connectivity index (χ2n) is 14.7. The first-order valence-electron chi connectivity index (χ1n) is 13.6. The van der Waals surface area contributed by atoms with E-state index < -0.39 is 8.32 Å². The molecule has 184 valence electrons. The van der Waals surface area contributed by atoms with Gasteiger partial charge in [-0.05, 0) is 105 Å². The van der Waals surface area contributed by atoms with E-state index in [9.17, 15) is 5.11 Å². The summed E-state index contributed by atoms with van der Waals surface area (Å²) >= 11 is 0. The smallest absolute Gasteiger partial charge is 0.192 e. The molecule has 4 heteroatoms. The Hall–Kier alpha value is 0.0969. The fourth-order valence-corrected chi connectivity index (χ4v) is 11.5. The van der Waals surface area contributed by atoms with Crippen LogP contribution in [-0.4, -0.2) is 38.8 Å². The van der Waals surface area contributed by atoms with Crippen LogP contribution in [0.1, 0.15) is 86.5 Å². The number of ether oxygens (including phenoxy) is 1. The van der Waals surface area contributed by atoms with Gasteiger partial charge in [0.15, 0.2) is 8.32 Å². The number of hydrogen-bond donors (Lipinski definition) is 1. The third-order valence-corrected chi connectivity index (χ3v) is 17.2. The van der Waals surface area contributed by atoms with E-state index in [1.807, 2.05) is 14.0 Å². The predicted molar refractivity (Wildman–Crippen MR) is 133 cm³/mol. The molecule has 0 bridgehead atoms. The fraction of sp³-hybridized carbons (Fsp3) is 1.00. The van der Waals surface area contributed by atoms with Crippen LogP contribution in [-0.2, 0) is 9.16 Å². The SMILES string of the molecule is CO[C@@H]1C[C@H]2[C@@H]3C[C@H](O[Si](C)(C)C(C)(C)C)[C@H]([C@H](C)O)[C@@]3(C)CC[C@@H]2[C@@]2(C)CC[C@@H]3C[C@]312. The zero-order chi connectivity index (χ0) is 23.5. The lowest BCUT2D eigenvalue weighted by Gasteiger charge is -2.60. The van der Waals surface area contributed by atoms with E-state index in [2.05, 4.69) is 47.7 Å². The number of aliphatic hydroxyl groups excluding tert-OH is 1. The minimum absolute atomic E-state index is 0.184. The van der Waals surface area contributed by atoms with Crippen molar-refractivity contribution in [2.24, 2.45) is 45.8 Å². The molecule has 11 atom stereocenters. The van der Waals surface area contributed by atoms with E-state index in [4.69, 9.17) is 9.16 Å². The number of hydrogen-bond acceptors (Lipinski definition) is 3. The Bertz CT molecular complexity index is 758. The molecule has 0 aromatic carbocycles. The highest BCUT2D eigenvalue weighted by Crippen LogP contribution is 2.82. The van der Waals surface area contributed by atoms with Crippen molar-refractivity contribution in [2.75, 3.05) is 7.11 Å². The Kier molecular flexibility index (Phi) is 5.27. The molecule has 3 nitrogen and oxygen atoms in total. The molecule has 1 N–H and O–H groups in total. The summed E-state index contributed by atoms with van der Waals surface area (Å²) in [7, 11) is 0.0826. The van der Waals surface area contributed by atoms with Crippen molar-refractivity contribution in [3.63, 3.8) is 0 Å². The van der Waals surface area contributed by atoms with Gasteiger partial charge in [-0.25, -0.2) is 0 Å². The Labute approximate surface area is 198 Å². The minimum atomic E-state index is -1.90. The summed E-state index contributed by atoms with van der Waals surface area (Å²) < 4.78 is 13.4. The van der Waals surface area contributed by atoms with Crippen molar-refractivity contribution < 1.29 is 14.3 Å². The predicted octanol–water partition coefficient (Wildman–Crippen LogP) is 6.65. The first kappa shape index (κ1) is 23.8. The number of aliphatic hydroxyl groups is 1. The molecule has 0 aliphatic heterocycles. The van der Waals surface area contributed by atoms with E-state index in [0.29, 0.717) is 22.9 Å². The van der Waals surface area contributed by atoms with Crippen LogP contribution in [0, 0.1) is 45.8 Å². The molecule has 1 spiro atoms. The van der Waals surface area contributed by atoms with Crippen LogP contribution in [0.2, 0.25) is 18.1 Å². The summed E-state index contributed by atoms with van der Waals surface area (Å²) in [6.07, 6.45) is 9.58. The van der Waals surface area contributed by atoms with Crippen LogP contribution in [0.3, 0.4) is 0 Å². The third kappa shape index (κ3) is 2.88. The molecular formula is C28H50O3Si. The van der Waals surface area contributed by atoms with Crippen molar-refractivity contribution in [3.05, 3.63) is 0 Å². The molecule has 0 aromatic rings. The number of rotatable bonds is 4. The maximum atomic E-state index is 11.1. The number of methoxy groups -OCH3 is 1. The maximum absolute atomic E-state index is 11.1. The second-order valence-corrected chi connectivity index (χ2v) is 19.5. The molecule has 5 saturated carbocycles. The summed E-state index contributed by atoms with van der Waals surface area (Å²) in [5.41, 5.74) is 1.13. The largest absolute Gasteiger partial charge is 0.414 e. The van der Waals surface area contributed by atoms with Crippen LogP contribution in [0.4, 0.5) is 0 Å². The van der Waals surface area contributed by atoms with Gasteiger partial charge in [0.1, 0.15) is 0 Å². The highest BCUT2D eigenvalue weighted by molar-refractivity contribution is 6.74. The van der Waals surface area contributed by atoms with Crippen LogP contribution >= 0.6 is 0 Å². The van der Waals surface area contributed by atoms with Crippen molar-refractivity contribution in [1.29, 1.82) is 0 Å². The molecule has 0 unspecified atom stereocenters. The van der Waals surface area contributed by atoms with Gasteiger partial charge in [-0.2, -0.15) is 0 Å². The summed E-state index contributed by atoms with van der Waals surface area (Å²) in [4.78, 5) is 0. The van der Waals surface area contributed by atoms with Gasteiger partial charge >= 0.3 is 0 Å².